The van der Waals surface area contributed by atoms with Crippen molar-refractivity contribution in [2.24, 2.45) is 0 Å². The van der Waals surface area contributed by atoms with Crippen LogP contribution in [0.3, 0.4) is 0 Å². The number of benzene rings is 2. The van der Waals surface area contributed by atoms with Crippen LogP contribution in [0.25, 0.3) is 0 Å². The van der Waals surface area contributed by atoms with Crippen molar-refractivity contribution in [3.8, 4) is 0 Å². The van der Waals surface area contributed by atoms with Crippen LogP contribution in [0, 0.1) is 10.1 Å². The standard InChI is InChI=1S/C20H18N2O6/c1-2-3-6-9-28-20(25)13-10-14(22(26)27)15-16(17(13)21)19(24)12-8-5-4-7-11(12)18(15)23/h4-5,7-8,10H,2-3,6,9,21H2,1H3. The Hall–Kier alpha value is -3.55. The Balaban J connectivity index is 2.14. The Morgan fingerprint density at radius 2 is 1.71 bits per heavy atom. The Labute approximate surface area is 160 Å². The molecule has 0 radical (unpaired) electrons. The van der Waals surface area contributed by atoms with E-state index in [0.29, 0.717) is 6.42 Å². The van der Waals surface area contributed by atoms with Crippen molar-refractivity contribution in [1.29, 1.82) is 0 Å². The van der Waals surface area contributed by atoms with Crippen LogP contribution in [0.1, 0.15) is 68.4 Å². The number of nitro groups is 1. The van der Waals surface area contributed by atoms with Gasteiger partial charge in [0.2, 0.25) is 5.78 Å². The fourth-order valence-corrected chi connectivity index (χ4v) is 3.21. The maximum Gasteiger partial charge on any atom is 0.340 e. The molecule has 8 nitrogen and oxygen atoms in total. The minimum atomic E-state index is -0.862. The number of hydrogen-bond donors (Lipinski definition) is 1. The predicted molar refractivity (Wildman–Crippen MR) is 101 cm³/mol. The SMILES string of the molecule is CCCCCOC(=O)c1cc([N+](=O)[O-])c2c(c1N)C(=O)c1ccccc1C2=O. The summed E-state index contributed by atoms with van der Waals surface area (Å²) in [6.07, 6.45) is 2.43. The Morgan fingerprint density at radius 3 is 2.29 bits per heavy atom. The third-order valence-electron chi connectivity index (χ3n) is 4.61. The maximum absolute atomic E-state index is 12.9. The van der Waals surface area contributed by atoms with Crippen LogP contribution >= 0.6 is 0 Å². The number of rotatable bonds is 6. The summed E-state index contributed by atoms with van der Waals surface area (Å²) >= 11 is 0. The number of nitrogens with zero attached hydrogens (tertiary/aromatic N) is 1. The van der Waals surface area contributed by atoms with Gasteiger partial charge in [0.1, 0.15) is 5.56 Å². The molecule has 0 saturated carbocycles. The molecule has 1 aliphatic carbocycles. The topological polar surface area (TPSA) is 130 Å². The molecule has 0 saturated heterocycles. The minimum Gasteiger partial charge on any atom is -0.462 e. The summed E-state index contributed by atoms with van der Waals surface area (Å²) in [5.41, 5.74) is 4.25. The zero-order chi connectivity index (χ0) is 20.4. The van der Waals surface area contributed by atoms with Gasteiger partial charge in [-0.05, 0) is 6.42 Å². The first kappa shape index (κ1) is 19.2. The molecule has 0 unspecified atom stereocenters. The molecule has 0 bridgehead atoms. The van der Waals surface area contributed by atoms with Gasteiger partial charge < -0.3 is 10.5 Å². The van der Waals surface area contributed by atoms with Gasteiger partial charge >= 0.3 is 5.97 Å². The van der Waals surface area contributed by atoms with Crippen LogP contribution in [0.2, 0.25) is 0 Å². The van der Waals surface area contributed by atoms with Gasteiger partial charge in [-0.2, -0.15) is 0 Å². The van der Waals surface area contributed by atoms with Crippen molar-refractivity contribution in [1.82, 2.24) is 0 Å². The molecule has 28 heavy (non-hydrogen) atoms. The third kappa shape index (κ3) is 3.13. The highest BCUT2D eigenvalue weighted by Crippen LogP contribution is 2.38. The average molecular weight is 382 g/mol. The lowest BCUT2D eigenvalue weighted by Crippen LogP contribution is -2.25. The van der Waals surface area contributed by atoms with E-state index in [1.807, 2.05) is 6.92 Å². The fraction of sp³-hybridized carbons (Fsp3) is 0.250. The van der Waals surface area contributed by atoms with E-state index in [4.69, 9.17) is 10.5 Å². The highest BCUT2D eigenvalue weighted by molar-refractivity contribution is 6.32. The molecule has 2 aromatic rings. The smallest absolute Gasteiger partial charge is 0.340 e. The molecular formula is C20H18N2O6. The van der Waals surface area contributed by atoms with Crippen molar-refractivity contribution in [2.75, 3.05) is 12.3 Å². The van der Waals surface area contributed by atoms with E-state index in [1.165, 1.54) is 12.1 Å². The number of ether oxygens (including phenoxy) is 1. The van der Waals surface area contributed by atoms with Crippen LogP contribution in [0.15, 0.2) is 30.3 Å². The van der Waals surface area contributed by atoms with Gasteiger partial charge in [-0.3, -0.25) is 19.7 Å². The summed E-state index contributed by atoms with van der Waals surface area (Å²) < 4.78 is 5.13. The van der Waals surface area contributed by atoms with E-state index in [0.717, 1.165) is 18.9 Å². The highest BCUT2D eigenvalue weighted by Gasteiger charge is 2.39. The summed E-state index contributed by atoms with van der Waals surface area (Å²) in [5.74, 6) is -2.17. The number of ketones is 2. The van der Waals surface area contributed by atoms with Crippen molar-refractivity contribution in [2.45, 2.75) is 26.2 Å². The van der Waals surface area contributed by atoms with Crippen molar-refractivity contribution < 1.29 is 24.0 Å². The third-order valence-corrected chi connectivity index (χ3v) is 4.61. The number of carbonyl (C=O) groups excluding carboxylic acids is 3. The molecule has 2 N–H and O–H groups in total. The van der Waals surface area contributed by atoms with E-state index in [2.05, 4.69) is 0 Å². The van der Waals surface area contributed by atoms with Crippen LogP contribution < -0.4 is 5.73 Å². The van der Waals surface area contributed by atoms with Crippen molar-refractivity contribution >= 4 is 28.9 Å². The second kappa shape index (κ2) is 7.59. The van der Waals surface area contributed by atoms with Gasteiger partial charge in [-0.1, -0.05) is 44.0 Å². The van der Waals surface area contributed by atoms with Gasteiger partial charge in [0.05, 0.1) is 28.3 Å². The first-order chi connectivity index (χ1) is 13.4. The van der Waals surface area contributed by atoms with Gasteiger partial charge in [-0.15, -0.1) is 0 Å². The van der Waals surface area contributed by atoms with Gasteiger partial charge in [0.15, 0.2) is 5.78 Å². The maximum atomic E-state index is 12.9. The summed E-state index contributed by atoms with van der Waals surface area (Å²) in [5, 5.41) is 11.6. The molecule has 1 aliphatic rings. The summed E-state index contributed by atoms with van der Waals surface area (Å²) in [4.78, 5) is 48.9. The van der Waals surface area contributed by atoms with Crippen LogP contribution in [-0.2, 0) is 4.74 Å². The van der Waals surface area contributed by atoms with Gasteiger partial charge in [0, 0.05) is 17.2 Å². The van der Waals surface area contributed by atoms with Crippen LogP contribution in [0.4, 0.5) is 11.4 Å². The van der Waals surface area contributed by atoms with E-state index in [9.17, 15) is 24.5 Å². The van der Waals surface area contributed by atoms with Crippen LogP contribution in [0.5, 0.6) is 0 Å². The summed E-state index contributed by atoms with van der Waals surface area (Å²) in [7, 11) is 0. The lowest BCUT2D eigenvalue weighted by atomic mass is 9.81. The molecule has 0 spiro atoms. The van der Waals surface area contributed by atoms with Gasteiger partial charge in [-0.25, -0.2) is 4.79 Å². The highest BCUT2D eigenvalue weighted by atomic mass is 16.6. The molecule has 2 aromatic carbocycles. The largest absolute Gasteiger partial charge is 0.462 e. The number of fused-ring (bicyclic) bond motifs is 2. The minimum absolute atomic E-state index is 0.0670. The molecule has 0 atom stereocenters. The summed E-state index contributed by atoms with van der Waals surface area (Å²) in [6, 6.07) is 6.92. The number of carbonyl (C=O) groups is 3. The number of nitrogen functional groups attached to an aromatic ring is 1. The zero-order valence-electron chi connectivity index (χ0n) is 15.2. The first-order valence-corrected chi connectivity index (χ1v) is 8.84. The summed E-state index contributed by atoms with van der Waals surface area (Å²) in [6.45, 7) is 2.12. The zero-order valence-corrected chi connectivity index (χ0v) is 15.2. The van der Waals surface area contributed by atoms with Crippen molar-refractivity contribution in [3.05, 3.63) is 68.3 Å². The molecule has 8 heteroatoms. The number of nitrogens with two attached hydrogens (primary N) is 1. The Kier molecular flexibility index (Phi) is 5.21. The monoisotopic (exact) mass is 382 g/mol. The van der Waals surface area contributed by atoms with E-state index in [-0.39, 0.29) is 34.5 Å². The Bertz CT molecular complexity index is 1010. The molecular weight excluding hydrogens is 364 g/mol. The average Bonchev–Trinajstić information content (AvgIpc) is 2.68. The molecule has 0 aromatic heterocycles. The molecule has 0 heterocycles. The molecule has 0 amide bonds. The molecule has 3 rings (SSSR count). The second-order valence-electron chi connectivity index (χ2n) is 6.41. The first-order valence-electron chi connectivity index (χ1n) is 8.84. The number of nitro benzene ring substituents is 1. The molecule has 144 valence electrons. The lowest BCUT2D eigenvalue weighted by Gasteiger charge is -2.20. The number of unbranched alkanes of at least 4 members (excludes halogenated alkanes) is 2. The molecule has 0 fully saturated rings. The predicted octanol–water partition coefficient (Wildman–Crippen LogP) is 3.30. The van der Waals surface area contributed by atoms with Gasteiger partial charge in [0.25, 0.3) is 5.69 Å². The second-order valence-corrected chi connectivity index (χ2v) is 6.41. The molecule has 0 aliphatic heterocycles. The van der Waals surface area contributed by atoms with Crippen LogP contribution in [-0.4, -0.2) is 29.1 Å². The number of esters is 1. The normalized spacial score (nSPS) is 12.3. The number of anilines is 1. The van der Waals surface area contributed by atoms with E-state index >= 15 is 0 Å². The lowest BCUT2D eigenvalue weighted by molar-refractivity contribution is -0.385. The fourth-order valence-electron chi connectivity index (χ4n) is 3.21. The quantitative estimate of drug-likeness (QED) is 0.228. The Morgan fingerprint density at radius 1 is 1.11 bits per heavy atom. The number of hydrogen-bond acceptors (Lipinski definition) is 7. The van der Waals surface area contributed by atoms with Crippen molar-refractivity contribution in [3.63, 3.8) is 0 Å². The van der Waals surface area contributed by atoms with E-state index < -0.39 is 33.7 Å². The van der Waals surface area contributed by atoms with E-state index in [1.54, 1.807) is 12.1 Å².